The topological polar surface area (TPSA) is 74.7 Å². The van der Waals surface area contributed by atoms with Gasteiger partial charge in [0, 0.05) is 19.4 Å². The van der Waals surface area contributed by atoms with Gasteiger partial charge >= 0.3 is 5.97 Å². The van der Waals surface area contributed by atoms with Gasteiger partial charge in [-0.05, 0) is 0 Å². The SMILES string of the molecule is CCC(=O)N1CC(C(=O)O)CC1=O. The molecule has 2 amide bonds. The third kappa shape index (κ3) is 1.85. The number of amides is 2. The summed E-state index contributed by atoms with van der Waals surface area (Å²) in [5, 5.41) is 8.61. The molecule has 0 saturated carbocycles. The zero-order valence-electron chi connectivity index (χ0n) is 7.32. The number of carboxylic acid groups (broad SMARTS) is 1. The maximum atomic E-state index is 11.1. The first-order chi connectivity index (χ1) is 6.06. The van der Waals surface area contributed by atoms with Gasteiger partial charge in [0.25, 0.3) is 0 Å². The minimum absolute atomic E-state index is 0.0286. The lowest BCUT2D eigenvalue weighted by molar-refractivity contribution is -0.142. The van der Waals surface area contributed by atoms with Crippen molar-refractivity contribution in [2.75, 3.05) is 6.54 Å². The molecule has 0 aromatic rings. The number of carbonyl (C=O) groups is 3. The number of rotatable bonds is 2. The molecular weight excluding hydrogens is 174 g/mol. The normalized spacial score (nSPS) is 22.1. The van der Waals surface area contributed by atoms with Crippen molar-refractivity contribution in [2.45, 2.75) is 19.8 Å². The number of aliphatic carboxylic acids is 1. The number of carboxylic acids is 1. The molecule has 1 heterocycles. The highest BCUT2D eigenvalue weighted by atomic mass is 16.4. The Bertz CT molecular complexity index is 261. The first kappa shape index (κ1) is 9.70. The molecular formula is C8H11NO4. The van der Waals surface area contributed by atoms with Gasteiger partial charge in [-0.3, -0.25) is 19.3 Å². The summed E-state index contributed by atoms with van der Waals surface area (Å²) in [6.45, 7) is 1.67. The highest BCUT2D eigenvalue weighted by Gasteiger charge is 2.36. The van der Waals surface area contributed by atoms with Crippen LogP contribution in [0.15, 0.2) is 0 Å². The molecule has 1 aliphatic rings. The molecule has 1 N–H and O–H groups in total. The number of carbonyl (C=O) groups excluding carboxylic acids is 2. The summed E-state index contributed by atoms with van der Waals surface area (Å²) in [4.78, 5) is 33.8. The second-order valence-corrected chi connectivity index (χ2v) is 2.99. The Kier molecular flexibility index (Phi) is 2.65. The number of imide groups is 1. The van der Waals surface area contributed by atoms with Crippen LogP contribution in [0.25, 0.3) is 0 Å². The lowest BCUT2D eigenvalue weighted by atomic mass is 10.1. The van der Waals surface area contributed by atoms with E-state index in [1.807, 2.05) is 0 Å². The third-order valence-electron chi connectivity index (χ3n) is 2.08. The first-order valence-corrected chi connectivity index (χ1v) is 4.12. The average molecular weight is 185 g/mol. The molecule has 0 aromatic heterocycles. The summed E-state index contributed by atoms with van der Waals surface area (Å²) in [6, 6.07) is 0. The molecule has 0 aromatic carbocycles. The minimum atomic E-state index is -1.01. The quantitative estimate of drug-likeness (QED) is 0.649. The average Bonchev–Trinajstić information content (AvgIpc) is 2.46. The van der Waals surface area contributed by atoms with E-state index < -0.39 is 11.9 Å². The predicted octanol–water partition coefficient (Wildman–Crippen LogP) is -0.144. The molecule has 0 aliphatic carbocycles. The Labute approximate surface area is 75.3 Å². The molecule has 72 valence electrons. The van der Waals surface area contributed by atoms with E-state index in [2.05, 4.69) is 0 Å². The predicted molar refractivity (Wildman–Crippen MR) is 42.8 cm³/mol. The van der Waals surface area contributed by atoms with Gasteiger partial charge in [0.1, 0.15) is 0 Å². The molecule has 0 radical (unpaired) electrons. The zero-order chi connectivity index (χ0) is 10.0. The van der Waals surface area contributed by atoms with Crippen molar-refractivity contribution in [1.29, 1.82) is 0 Å². The molecule has 1 atom stereocenters. The van der Waals surface area contributed by atoms with Gasteiger partial charge in [0.2, 0.25) is 11.8 Å². The van der Waals surface area contributed by atoms with Crippen molar-refractivity contribution in [2.24, 2.45) is 5.92 Å². The van der Waals surface area contributed by atoms with E-state index in [-0.39, 0.29) is 31.2 Å². The maximum absolute atomic E-state index is 11.1. The standard InChI is InChI=1S/C8H11NO4/c1-2-6(10)9-4-5(8(12)13)3-7(9)11/h5H,2-4H2,1H3,(H,12,13). The van der Waals surface area contributed by atoms with Gasteiger partial charge in [-0.25, -0.2) is 0 Å². The van der Waals surface area contributed by atoms with Crippen molar-refractivity contribution in [3.63, 3.8) is 0 Å². The lowest BCUT2D eigenvalue weighted by Crippen LogP contribution is -2.32. The van der Waals surface area contributed by atoms with Crippen molar-refractivity contribution in [1.82, 2.24) is 4.90 Å². The molecule has 5 heteroatoms. The lowest BCUT2D eigenvalue weighted by Gasteiger charge is -2.11. The number of hydrogen-bond donors (Lipinski definition) is 1. The van der Waals surface area contributed by atoms with Gasteiger partial charge in [0.15, 0.2) is 0 Å². The van der Waals surface area contributed by atoms with Gasteiger partial charge in [-0.1, -0.05) is 6.92 Å². The molecule has 1 aliphatic heterocycles. The van der Waals surface area contributed by atoms with E-state index in [9.17, 15) is 14.4 Å². The summed E-state index contributed by atoms with van der Waals surface area (Å²) in [7, 11) is 0. The maximum Gasteiger partial charge on any atom is 0.308 e. The fourth-order valence-electron chi connectivity index (χ4n) is 1.30. The summed E-state index contributed by atoms with van der Waals surface area (Å²) in [5.41, 5.74) is 0. The summed E-state index contributed by atoms with van der Waals surface area (Å²) in [5.74, 6) is -2.41. The smallest absolute Gasteiger partial charge is 0.308 e. The second-order valence-electron chi connectivity index (χ2n) is 2.99. The summed E-state index contributed by atoms with van der Waals surface area (Å²) >= 11 is 0. The molecule has 5 nitrogen and oxygen atoms in total. The van der Waals surface area contributed by atoms with Crippen LogP contribution in [-0.4, -0.2) is 34.3 Å². The highest BCUT2D eigenvalue weighted by molar-refractivity contribution is 5.99. The van der Waals surface area contributed by atoms with Crippen LogP contribution in [0.4, 0.5) is 0 Å². The highest BCUT2D eigenvalue weighted by Crippen LogP contribution is 2.18. The Morgan fingerprint density at radius 3 is 2.62 bits per heavy atom. The molecule has 1 rings (SSSR count). The van der Waals surface area contributed by atoms with Crippen LogP contribution in [0, 0.1) is 5.92 Å². The number of nitrogens with zero attached hydrogens (tertiary/aromatic N) is 1. The molecule has 1 unspecified atom stereocenters. The Morgan fingerprint density at radius 1 is 1.62 bits per heavy atom. The number of hydrogen-bond acceptors (Lipinski definition) is 3. The Hall–Kier alpha value is -1.39. The largest absolute Gasteiger partial charge is 0.481 e. The molecule has 13 heavy (non-hydrogen) atoms. The van der Waals surface area contributed by atoms with Gasteiger partial charge < -0.3 is 5.11 Å². The van der Waals surface area contributed by atoms with E-state index in [0.717, 1.165) is 4.90 Å². The van der Waals surface area contributed by atoms with Crippen LogP contribution in [0.3, 0.4) is 0 Å². The summed E-state index contributed by atoms with van der Waals surface area (Å²) in [6.07, 6.45) is 0.180. The van der Waals surface area contributed by atoms with E-state index in [4.69, 9.17) is 5.11 Å². The summed E-state index contributed by atoms with van der Waals surface area (Å²) < 4.78 is 0. The van der Waals surface area contributed by atoms with Crippen molar-refractivity contribution in [3.8, 4) is 0 Å². The van der Waals surface area contributed by atoms with Crippen LogP contribution >= 0.6 is 0 Å². The first-order valence-electron chi connectivity index (χ1n) is 4.12. The van der Waals surface area contributed by atoms with Crippen LogP contribution in [0.5, 0.6) is 0 Å². The fourth-order valence-corrected chi connectivity index (χ4v) is 1.30. The zero-order valence-corrected chi connectivity index (χ0v) is 7.32. The van der Waals surface area contributed by atoms with Crippen molar-refractivity contribution >= 4 is 17.8 Å². The Balaban J connectivity index is 2.67. The molecule has 0 bridgehead atoms. The van der Waals surface area contributed by atoms with Gasteiger partial charge in [-0.15, -0.1) is 0 Å². The van der Waals surface area contributed by atoms with Gasteiger partial charge in [0.05, 0.1) is 5.92 Å². The molecule has 1 fully saturated rings. The van der Waals surface area contributed by atoms with Crippen molar-refractivity contribution in [3.05, 3.63) is 0 Å². The van der Waals surface area contributed by atoms with Gasteiger partial charge in [-0.2, -0.15) is 0 Å². The van der Waals surface area contributed by atoms with E-state index >= 15 is 0 Å². The number of likely N-dealkylation sites (tertiary alicyclic amines) is 1. The van der Waals surface area contributed by atoms with Crippen LogP contribution in [-0.2, 0) is 14.4 Å². The fraction of sp³-hybridized carbons (Fsp3) is 0.625. The van der Waals surface area contributed by atoms with E-state index in [0.29, 0.717) is 0 Å². The van der Waals surface area contributed by atoms with Crippen molar-refractivity contribution < 1.29 is 19.5 Å². The van der Waals surface area contributed by atoms with Crippen LogP contribution in [0.1, 0.15) is 19.8 Å². The molecule has 0 spiro atoms. The van der Waals surface area contributed by atoms with E-state index in [1.54, 1.807) is 6.92 Å². The monoisotopic (exact) mass is 185 g/mol. The van der Waals surface area contributed by atoms with Crippen LogP contribution in [0.2, 0.25) is 0 Å². The van der Waals surface area contributed by atoms with Crippen LogP contribution < -0.4 is 0 Å². The minimum Gasteiger partial charge on any atom is -0.481 e. The molecule has 1 saturated heterocycles. The third-order valence-corrected chi connectivity index (χ3v) is 2.08. The second kappa shape index (κ2) is 3.55. The van der Waals surface area contributed by atoms with E-state index in [1.165, 1.54) is 0 Å². The Morgan fingerprint density at radius 2 is 2.23 bits per heavy atom.